The second kappa shape index (κ2) is 5.06. The number of nitrogens with one attached hydrogen (secondary N) is 1. The Hall–Kier alpha value is -0.740. The summed E-state index contributed by atoms with van der Waals surface area (Å²) in [6.45, 7) is 4.54. The molecule has 0 radical (unpaired) electrons. The Morgan fingerprint density at radius 1 is 1.44 bits per heavy atom. The summed E-state index contributed by atoms with van der Waals surface area (Å²) in [4.78, 5) is 0. The Morgan fingerprint density at radius 2 is 2.25 bits per heavy atom. The molecule has 5 unspecified atom stereocenters. The highest BCUT2D eigenvalue weighted by Crippen LogP contribution is 2.44. The van der Waals surface area contributed by atoms with Crippen LogP contribution in [-0.4, -0.2) is 12.1 Å². The lowest BCUT2D eigenvalue weighted by Crippen LogP contribution is -2.41. The van der Waals surface area contributed by atoms with Gasteiger partial charge in [-0.05, 0) is 43.9 Å². The summed E-state index contributed by atoms with van der Waals surface area (Å²) in [6, 6.07) is 1.11. The second-order valence-corrected chi connectivity index (χ2v) is 5.41. The molecular weight excluding hydrogens is 194 g/mol. The molecule has 0 heterocycles. The molecule has 1 saturated carbocycles. The van der Waals surface area contributed by atoms with Crippen molar-refractivity contribution in [1.82, 2.24) is 5.32 Å². The van der Waals surface area contributed by atoms with Crippen molar-refractivity contribution in [3.63, 3.8) is 0 Å². The maximum atomic E-state index is 5.39. The molecule has 1 fully saturated rings. The van der Waals surface area contributed by atoms with Crippen molar-refractivity contribution in [1.29, 1.82) is 0 Å². The first-order chi connectivity index (χ1) is 7.74. The van der Waals surface area contributed by atoms with Crippen molar-refractivity contribution in [2.75, 3.05) is 0 Å². The van der Waals surface area contributed by atoms with Crippen LogP contribution in [0, 0.1) is 30.1 Å². The molecule has 0 aromatic rings. The predicted octanol–water partition coefficient (Wildman–Crippen LogP) is 2.98. The lowest BCUT2D eigenvalue weighted by atomic mass is 9.87. The van der Waals surface area contributed by atoms with Crippen molar-refractivity contribution in [3.05, 3.63) is 12.2 Å². The Bertz CT molecular complexity index is 299. The van der Waals surface area contributed by atoms with Gasteiger partial charge in [0.15, 0.2) is 0 Å². The van der Waals surface area contributed by atoms with Gasteiger partial charge < -0.3 is 5.32 Å². The van der Waals surface area contributed by atoms with Crippen LogP contribution in [0.5, 0.6) is 0 Å². The third kappa shape index (κ3) is 2.33. The predicted molar refractivity (Wildman–Crippen MR) is 69.0 cm³/mol. The molecule has 0 spiro atoms. The molecule has 0 aromatic carbocycles. The number of hydrogen-bond donors (Lipinski definition) is 1. The smallest absolute Gasteiger partial charge is 0.0240 e. The summed E-state index contributed by atoms with van der Waals surface area (Å²) in [6.07, 6.45) is 15.0. The number of fused-ring (bicyclic) bond motifs is 2. The maximum Gasteiger partial charge on any atom is 0.0240 e. The van der Waals surface area contributed by atoms with E-state index < -0.39 is 0 Å². The number of hydrogen-bond acceptors (Lipinski definition) is 1. The standard InChI is InChI=1S/C15H23N/c1-4-6-14(5-2)16-11(3)15-10-12-7-8-13(15)9-12/h1,7-8,11-16H,5-6,9-10H2,2-3H3. The van der Waals surface area contributed by atoms with Crippen LogP contribution in [0.4, 0.5) is 0 Å². The molecule has 0 aliphatic heterocycles. The molecule has 2 bridgehead atoms. The summed E-state index contributed by atoms with van der Waals surface area (Å²) in [5.74, 6) is 5.30. The molecular formula is C15H23N. The van der Waals surface area contributed by atoms with Crippen LogP contribution in [0.2, 0.25) is 0 Å². The van der Waals surface area contributed by atoms with E-state index in [9.17, 15) is 0 Å². The molecule has 0 aromatic heterocycles. The molecule has 5 atom stereocenters. The molecule has 16 heavy (non-hydrogen) atoms. The zero-order valence-corrected chi connectivity index (χ0v) is 10.4. The minimum atomic E-state index is 0.503. The van der Waals surface area contributed by atoms with E-state index in [4.69, 9.17) is 6.42 Å². The van der Waals surface area contributed by atoms with Crippen molar-refractivity contribution >= 4 is 0 Å². The van der Waals surface area contributed by atoms with Crippen molar-refractivity contribution in [2.24, 2.45) is 17.8 Å². The van der Waals surface area contributed by atoms with Gasteiger partial charge in [-0.3, -0.25) is 0 Å². The number of allylic oxidation sites excluding steroid dienone is 2. The Labute approximate surface area is 99.7 Å². The van der Waals surface area contributed by atoms with Crippen LogP contribution in [0.3, 0.4) is 0 Å². The van der Waals surface area contributed by atoms with E-state index in [2.05, 4.69) is 37.2 Å². The van der Waals surface area contributed by atoms with Crippen LogP contribution in [-0.2, 0) is 0 Å². The molecule has 88 valence electrons. The molecule has 0 saturated heterocycles. The van der Waals surface area contributed by atoms with Crippen molar-refractivity contribution < 1.29 is 0 Å². The van der Waals surface area contributed by atoms with E-state index in [1.54, 1.807) is 0 Å². The summed E-state index contributed by atoms with van der Waals surface area (Å²) in [7, 11) is 0. The molecule has 2 aliphatic rings. The summed E-state index contributed by atoms with van der Waals surface area (Å²) in [5.41, 5.74) is 0. The van der Waals surface area contributed by atoms with E-state index in [0.29, 0.717) is 12.1 Å². The van der Waals surface area contributed by atoms with Crippen LogP contribution in [0.1, 0.15) is 39.5 Å². The highest BCUT2D eigenvalue weighted by Gasteiger charge is 2.38. The summed E-state index contributed by atoms with van der Waals surface area (Å²) >= 11 is 0. The minimum absolute atomic E-state index is 0.503. The van der Waals surface area contributed by atoms with Crippen molar-refractivity contribution in [2.45, 2.75) is 51.6 Å². The van der Waals surface area contributed by atoms with Gasteiger partial charge in [0, 0.05) is 18.5 Å². The fourth-order valence-corrected chi connectivity index (χ4v) is 3.36. The van der Waals surface area contributed by atoms with E-state index in [0.717, 1.165) is 30.6 Å². The molecule has 2 rings (SSSR count). The third-order valence-electron chi connectivity index (χ3n) is 4.33. The average molecular weight is 217 g/mol. The van der Waals surface area contributed by atoms with Crippen LogP contribution >= 0.6 is 0 Å². The second-order valence-electron chi connectivity index (χ2n) is 5.41. The SMILES string of the molecule is C#CCC(CC)NC(C)C1CC2C=CC1C2. The van der Waals surface area contributed by atoms with Gasteiger partial charge in [0.25, 0.3) is 0 Å². The van der Waals surface area contributed by atoms with Gasteiger partial charge in [-0.15, -0.1) is 12.3 Å². The maximum absolute atomic E-state index is 5.39. The van der Waals surface area contributed by atoms with Crippen molar-refractivity contribution in [3.8, 4) is 12.3 Å². The Morgan fingerprint density at radius 3 is 2.75 bits per heavy atom. The van der Waals surface area contributed by atoms with Gasteiger partial charge in [-0.2, -0.15) is 0 Å². The molecule has 0 amide bonds. The number of terminal acetylenes is 1. The average Bonchev–Trinajstić information content (AvgIpc) is 2.89. The fraction of sp³-hybridized carbons (Fsp3) is 0.733. The van der Waals surface area contributed by atoms with Crippen LogP contribution < -0.4 is 5.32 Å². The highest BCUT2D eigenvalue weighted by atomic mass is 15.0. The van der Waals surface area contributed by atoms with Crippen LogP contribution in [0.25, 0.3) is 0 Å². The lowest BCUT2D eigenvalue weighted by Gasteiger charge is -2.29. The van der Waals surface area contributed by atoms with Crippen LogP contribution in [0.15, 0.2) is 12.2 Å². The normalized spacial score (nSPS) is 34.9. The van der Waals surface area contributed by atoms with Gasteiger partial charge in [-0.1, -0.05) is 19.1 Å². The van der Waals surface area contributed by atoms with Gasteiger partial charge in [0.2, 0.25) is 0 Å². The van der Waals surface area contributed by atoms with Gasteiger partial charge in [-0.25, -0.2) is 0 Å². The topological polar surface area (TPSA) is 12.0 Å². The molecule has 1 N–H and O–H groups in total. The first kappa shape index (κ1) is 11.7. The summed E-state index contributed by atoms with van der Waals surface area (Å²) < 4.78 is 0. The zero-order valence-electron chi connectivity index (χ0n) is 10.4. The van der Waals surface area contributed by atoms with Gasteiger partial charge >= 0.3 is 0 Å². The Kier molecular flexibility index (Phi) is 3.71. The minimum Gasteiger partial charge on any atom is -0.310 e. The molecule has 2 aliphatic carbocycles. The van der Waals surface area contributed by atoms with Gasteiger partial charge in [0.05, 0.1) is 0 Å². The third-order valence-corrected chi connectivity index (χ3v) is 4.33. The zero-order chi connectivity index (χ0) is 11.5. The monoisotopic (exact) mass is 217 g/mol. The fourth-order valence-electron chi connectivity index (χ4n) is 3.36. The molecule has 1 heteroatoms. The largest absolute Gasteiger partial charge is 0.310 e. The van der Waals surface area contributed by atoms with E-state index >= 15 is 0 Å². The Balaban J connectivity index is 1.86. The lowest BCUT2D eigenvalue weighted by molar-refractivity contribution is 0.297. The quantitative estimate of drug-likeness (QED) is 0.551. The van der Waals surface area contributed by atoms with E-state index in [1.165, 1.54) is 12.8 Å². The number of rotatable bonds is 5. The van der Waals surface area contributed by atoms with E-state index in [1.807, 2.05) is 0 Å². The molecule has 1 nitrogen and oxygen atoms in total. The van der Waals surface area contributed by atoms with Gasteiger partial charge in [0.1, 0.15) is 0 Å². The summed E-state index contributed by atoms with van der Waals surface area (Å²) in [5, 5.41) is 3.72. The highest BCUT2D eigenvalue weighted by molar-refractivity contribution is 5.11. The van der Waals surface area contributed by atoms with E-state index in [-0.39, 0.29) is 0 Å². The first-order valence-electron chi connectivity index (χ1n) is 6.62. The first-order valence-corrected chi connectivity index (χ1v) is 6.62.